The van der Waals surface area contributed by atoms with Gasteiger partial charge in [-0.15, -0.1) is 11.3 Å². The molecule has 6 nitrogen and oxygen atoms in total. The lowest BCUT2D eigenvalue weighted by Gasteiger charge is -2.43. The minimum Gasteiger partial charge on any atom is -0.460 e. The van der Waals surface area contributed by atoms with E-state index in [2.05, 4.69) is 4.90 Å². The topological polar surface area (TPSA) is 89.7 Å². The van der Waals surface area contributed by atoms with Gasteiger partial charge in [-0.05, 0) is 63.3 Å². The molecule has 2 N–H and O–H groups in total. The highest BCUT2D eigenvalue weighted by atomic mass is 35.5. The van der Waals surface area contributed by atoms with E-state index in [0.29, 0.717) is 16.6 Å². The monoisotopic (exact) mass is 502 g/mol. The zero-order valence-electron chi connectivity index (χ0n) is 19.9. The van der Waals surface area contributed by atoms with E-state index in [0.717, 1.165) is 53.2 Å². The summed E-state index contributed by atoms with van der Waals surface area (Å²) in [5, 5.41) is 0.631. The molecule has 2 aromatic rings. The van der Waals surface area contributed by atoms with Crippen molar-refractivity contribution in [1.82, 2.24) is 4.90 Å². The molecule has 0 radical (unpaired) electrons. The standard InChI is InChI=1S/C26H31ClN2O4S/c1-26(2,3)33-25(32)16-11-18(12-16)29-9-8-20-22(14-29)34-21(23(20)24(28)31)13-19(30)10-15-4-6-17(27)7-5-15/h4-7,16,18H,8-14H2,1-3H3,(H2,28,31). The summed E-state index contributed by atoms with van der Waals surface area (Å²) in [7, 11) is 0. The van der Waals surface area contributed by atoms with Crippen LogP contribution in [0.4, 0.5) is 0 Å². The van der Waals surface area contributed by atoms with Crippen LogP contribution in [0.25, 0.3) is 0 Å². The predicted octanol–water partition coefficient (Wildman–Crippen LogP) is 4.33. The van der Waals surface area contributed by atoms with Crippen LogP contribution < -0.4 is 5.73 Å². The van der Waals surface area contributed by atoms with E-state index in [1.807, 2.05) is 32.9 Å². The third-order valence-electron chi connectivity index (χ3n) is 6.45. The van der Waals surface area contributed by atoms with E-state index in [1.54, 1.807) is 12.1 Å². The summed E-state index contributed by atoms with van der Waals surface area (Å²) in [4.78, 5) is 41.6. The van der Waals surface area contributed by atoms with Crippen molar-refractivity contribution < 1.29 is 19.1 Å². The maximum Gasteiger partial charge on any atom is 0.309 e. The van der Waals surface area contributed by atoms with Gasteiger partial charge in [0.05, 0.1) is 11.5 Å². The first-order chi connectivity index (χ1) is 16.0. The number of thiophene rings is 1. The highest BCUT2D eigenvalue weighted by Gasteiger charge is 2.41. The molecule has 182 valence electrons. The van der Waals surface area contributed by atoms with Crippen LogP contribution in [0.3, 0.4) is 0 Å². The van der Waals surface area contributed by atoms with Gasteiger partial charge in [-0.3, -0.25) is 19.3 Å². The molecule has 0 saturated heterocycles. The number of hydrogen-bond donors (Lipinski definition) is 1. The number of ketones is 1. The van der Waals surface area contributed by atoms with Crippen molar-refractivity contribution in [1.29, 1.82) is 0 Å². The molecule has 0 spiro atoms. The fraction of sp³-hybridized carbons (Fsp3) is 0.500. The smallest absolute Gasteiger partial charge is 0.309 e. The van der Waals surface area contributed by atoms with Gasteiger partial charge in [0.1, 0.15) is 11.4 Å². The summed E-state index contributed by atoms with van der Waals surface area (Å²) in [6.07, 6.45) is 2.81. The first-order valence-electron chi connectivity index (χ1n) is 11.7. The molecule has 0 bridgehead atoms. The Balaban J connectivity index is 1.40. The van der Waals surface area contributed by atoms with Gasteiger partial charge in [0, 0.05) is 46.7 Å². The second-order valence-electron chi connectivity index (χ2n) is 10.3. The first-order valence-corrected chi connectivity index (χ1v) is 12.9. The van der Waals surface area contributed by atoms with Gasteiger partial charge in [0.15, 0.2) is 0 Å². The maximum atomic E-state index is 12.7. The second kappa shape index (κ2) is 9.80. The summed E-state index contributed by atoms with van der Waals surface area (Å²) < 4.78 is 5.52. The summed E-state index contributed by atoms with van der Waals surface area (Å²) in [5.74, 6) is -0.584. The molecule has 8 heteroatoms. The number of primary amides is 1. The Labute approximate surface area is 209 Å². The number of nitrogens with two attached hydrogens (primary N) is 1. The number of nitrogens with zero attached hydrogens (tertiary/aromatic N) is 1. The highest BCUT2D eigenvalue weighted by molar-refractivity contribution is 7.12. The fourth-order valence-corrected chi connectivity index (χ4v) is 6.28. The van der Waals surface area contributed by atoms with Crippen LogP contribution in [0.1, 0.15) is 64.9 Å². The first kappa shape index (κ1) is 24.9. The van der Waals surface area contributed by atoms with Gasteiger partial charge in [-0.2, -0.15) is 0 Å². The normalized spacial score (nSPS) is 20.4. The van der Waals surface area contributed by atoms with Crippen LogP contribution in [-0.2, 0) is 40.1 Å². The second-order valence-corrected chi connectivity index (χ2v) is 11.9. The van der Waals surface area contributed by atoms with Gasteiger partial charge in [0.2, 0.25) is 5.91 Å². The van der Waals surface area contributed by atoms with Gasteiger partial charge in [-0.25, -0.2) is 0 Å². The van der Waals surface area contributed by atoms with E-state index >= 15 is 0 Å². The number of rotatable bonds is 7. The zero-order valence-corrected chi connectivity index (χ0v) is 21.4. The van der Waals surface area contributed by atoms with Crippen LogP contribution in [0.15, 0.2) is 24.3 Å². The number of amides is 1. The number of carbonyl (C=O) groups is 3. The minimum absolute atomic E-state index is 0.0412. The zero-order chi connectivity index (χ0) is 24.6. The molecule has 2 heterocycles. The number of Topliss-reactive ketones (excluding diaryl/α,β-unsaturated/α-hetero) is 1. The number of ether oxygens (including phenoxy) is 1. The van der Waals surface area contributed by atoms with E-state index < -0.39 is 11.5 Å². The Morgan fingerprint density at radius 1 is 1.15 bits per heavy atom. The van der Waals surface area contributed by atoms with Crippen molar-refractivity contribution in [2.75, 3.05) is 6.54 Å². The van der Waals surface area contributed by atoms with Crippen LogP contribution in [0.5, 0.6) is 0 Å². The van der Waals surface area contributed by atoms with Crippen LogP contribution in [0.2, 0.25) is 5.02 Å². The largest absolute Gasteiger partial charge is 0.460 e. The quantitative estimate of drug-likeness (QED) is 0.569. The third-order valence-corrected chi connectivity index (χ3v) is 7.92. The molecule has 4 rings (SSSR count). The van der Waals surface area contributed by atoms with Gasteiger partial charge in [-0.1, -0.05) is 23.7 Å². The van der Waals surface area contributed by atoms with Crippen LogP contribution >= 0.6 is 22.9 Å². The minimum atomic E-state index is -0.467. The lowest BCUT2D eigenvalue weighted by Crippen LogP contribution is -2.49. The molecule has 1 fully saturated rings. The maximum absolute atomic E-state index is 12.7. The molecule has 1 saturated carbocycles. The lowest BCUT2D eigenvalue weighted by atomic mass is 9.78. The Hall–Kier alpha value is -2.22. The van der Waals surface area contributed by atoms with Crippen LogP contribution in [-0.4, -0.2) is 40.7 Å². The lowest BCUT2D eigenvalue weighted by molar-refractivity contribution is -0.165. The van der Waals surface area contributed by atoms with E-state index in [9.17, 15) is 14.4 Å². The van der Waals surface area contributed by atoms with Gasteiger partial charge in [0.25, 0.3) is 0 Å². The summed E-state index contributed by atoms with van der Waals surface area (Å²) >= 11 is 7.45. The van der Waals surface area contributed by atoms with Gasteiger partial charge < -0.3 is 10.5 Å². The summed E-state index contributed by atoms with van der Waals surface area (Å²) in [6, 6.07) is 7.56. The SMILES string of the molecule is CC(C)(C)OC(=O)C1CC(N2CCc3c(sc(CC(=O)Cc4ccc(Cl)cc4)c3C(N)=O)C2)C1. The van der Waals surface area contributed by atoms with Crippen molar-refractivity contribution in [2.45, 2.75) is 71.1 Å². The number of hydrogen-bond acceptors (Lipinski definition) is 6. The van der Waals surface area contributed by atoms with E-state index in [-0.39, 0.29) is 30.5 Å². The Bertz CT molecular complexity index is 1100. The Morgan fingerprint density at radius 3 is 2.44 bits per heavy atom. The summed E-state index contributed by atoms with van der Waals surface area (Å²) in [5.41, 5.74) is 7.69. The van der Waals surface area contributed by atoms with Crippen molar-refractivity contribution in [2.24, 2.45) is 11.7 Å². The number of esters is 1. The third kappa shape index (κ3) is 5.70. The van der Waals surface area contributed by atoms with E-state index in [1.165, 1.54) is 11.3 Å². The fourth-order valence-electron chi connectivity index (χ4n) is 4.74. The Kier molecular flexibility index (Phi) is 7.17. The molecule has 1 aliphatic carbocycles. The number of halogens is 1. The molecule has 34 heavy (non-hydrogen) atoms. The molecule has 1 aromatic carbocycles. The van der Waals surface area contributed by atoms with Crippen molar-refractivity contribution >= 4 is 40.6 Å². The average Bonchev–Trinajstić information content (AvgIpc) is 3.04. The van der Waals surface area contributed by atoms with E-state index in [4.69, 9.17) is 22.1 Å². The number of benzene rings is 1. The number of carbonyl (C=O) groups excluding carboxylic acids is 3. The summed E-state index contributed by atoms with van der Waals surface area (Å²) in [6.45, 7) is 7.19. The average molecular weight is 503 g/mol. The molecule has 0 unspecified atom stereocenters. The number of fused-ring (bicyclic) bond motifs is 1. The van der Waals surface area contributed by atoms with Crippen LogP contribution in [0, 0.1) is 5.92 Å². The van der Waals surface area contributed by atoms with Crippen molar-refractivity contribution in [3.63, 3.8) is 0 Å². The van der Waals surface area contributed by atoms with Gasteiger partial charge >= 0.3 is 5.97 Å². The molecule has 1 amide bonds. The van der Waals surface area contributed by atoms with Crippen molar-refractivity contribution in [3.8, 4) is 0 Å². The Morgan fingerprint density at radius 2 is 1.82 bits per heavy atom. The molecular weight excluding hydrogens is 472 g/mol. The molecule has 1 aliphatic heterocycles. The van der Waals surface area contributed by atoms with Crippen molar-refractivity contribution in [3.05, 3.63) is 55.7 Å². The molecule has 2 aliphatic rings. The molecule has 1 aromatic heterocycles. The predicted molar refractivity (Wildman–Crippen MR) is 133 cm³/mol. The molecular formula is C26H31ClN2O4S. The highest BCUT2D eigenvalue weighted by Crippen LogP contribution is 2.39. The molecule has 0 atom stereocenters.